The maximum absolute atomic E-state index is 11.2. The molecule has 18 heavy (non-hydrogen) atoms. The van der Waals surface area contributed by atoms with Crippen molar-refractivity contribution in [3.05, 3.63) is 30.1 Å². The van der Waals surface area contributed by atoms with Crippen molar-refractivity contribution < 1.29 is 9.53 Å². The molecule has 0 spiro atoms. The highest BCUT2D eigenvalue weighted by molar-refractivity contribution is 5.78. The number of imidazole rings is 1. The number of fused-ring (bicyclic) bond motifs is 1. The van der Waals surface area contributed by atoms with E-state index in [0.717, 1.165) is 24.8 Å². The second kappa shape index (κ2) is 4.80. The Bertz CT molecular complexity index is 556. The highest BCUT2D eigenvalue weighted by atomic mass is 16.5. The number of nitrogens with zero attached hydrogens (tertiary/aromatic N) is 2. The van der Waals surface area contributed by atoms with Crippen LogP contribution in [0.25, 0.3) is 5.65 Å². The third-order valence-electron chi connectivity index (χ3n) is 3.48. The van der Waals surface area contributed by atoms with Crippen molar-refractivity contribution in [1.82, 2.24) is 9.38 Å². The number of carbonyl (C=O) groups excluding carboxylic acids is 1. The summed E-state index contributed by atoms with van der Waals surface area (Å²) in [6.07, 6.45) is 8.67. The van der Waals surface area contributed by atoms with E-state index in [1.54, 1.807) is 4.40 Å². The predicted molar refractivity (Wildman–Crippen MR) is 68.1 cm³/mol. The highest BCUT2D eigenvalue weighted by Crippen LogP contribution is 2.25. The van der Waals surface area contributed by atoms with Gasteiger partial charge in [0, 0.05) is 6.20 Å². The quantitative estimate of drug-likeness (QED) is 0.780. The first-order valence-corrected chi connectivity index (χ1v) is 6.47. The topological polar surface area (TPSA) is 43.6 Å². The Labute approximate surface area is 106 Å². The molecule has 2 aromatic rings. The number of aldehydes is 1. The molecule has 4 heteroatoms. The molecule has 1 saturated carbocycles. The summed E-state index contributed by atoms with van der Waals surface area (Å²) in [5, 5.41) is 0. The zero-order valence-electron chi connectivity index (χ0n) is 10.2. The van der Waals surface area contributed by atoms with E-state index in [-0.39, 0.29) is 6.10 Å². The van der Waals surface area contributed by atoms with Gasteiger partial charge in [-0.1, -0.05) is 12.5 Å². The number of carbonyl (C=O) groups is 1. The van der Waals surface area contributed by atoms with E-state index >= 15 is 0 Å². The Balaban J connectivity index is 1.92. The number of pyridine rings is 1. The average Bonchev–Trinajstić information content (AvgIpc) is 2.77. The number of rotatable bonds is 3. The largest absolute Gasteiger partial charge is 0.473 e. The van der Waals surface area contributed by atoms with Crippen LogP contribution in [0.2, 0.25) is 0 Å². The summed E-state index contributed by atoms with van der Waals surface area (Å²) in [6, 6.07) is 5.66. The Morgan fingerprint density at radius 3 is 2.89 bits per heavy atom. The van der Waals surface area contributed by atoms with Gasteiger partial charge in [0.1, 0.15) is 17.4 Å². The molecule has 1 aliphatic rings. The minimum atomic E-state index is 0.211. The number of hydrogen-bond donors (Lipinski definition) is 0. The maximum Gasteiger partial charge on any atom is 0.244 e. The molecule has 0 bridgehead atoms. The van der Waals surface area contributed by atoms with Crippen LogP contribution in [0.1, 0.15) is 42.6 Å². The fraction of sp³-hybridized carbons (Fsp3) is 0.429. The number of aromatic nitrogens is 2. The molecule has 0 aliphatic heterocycles. The first-order valence-electron chi connectivity index (χ1n) is 6.47. The van der Waals surface area contributed by atoms with Crippen molar-refractivity contribution in [3.8, 4) is 5.88 Å². The molecule has 0 amide bonds. The fourth-order valence-electron chi connectivity index (χ4n) is 2.53. The van der Waals surface area contributed by atoms with Crippen molar-refractivity contribution in [2.24, 2.45) is 0 Å². The molecule has 0 radical (unpaired) electrons. The average molecular weight is 244 g/mol. The molecule has 0 atom stereocenters. The van der Waals surface area contributed by atoms with Crippen LogP contribution in [0, 0.1) is 0 Å². The summed E-state index contributed by atoms with van der Waals surface area (Å²) in [5.74, 6) is 0.475. The highest BCUT2D eigenvalue weighted by Gasteiger charge is 2.19. The maximum atomic E-state index is 11.2. The summed E-state index contributed by atoms with van der Waals surface area (Å²) >= 11 is 0. The van der Waals surface area contributed by atoms with Gasteiger partial charge in [0.15, 0.2) is 6.29 Å². The number of ether oxygens (including phenoxy) is 1. The normalized spacial score (nSPS) is 16.9. The molecule has 2 heterocycles. The molecule has 1 fully saturated rings. The third kappa shape index (κ3) is 1.98. The lowest BCUT2D eigenvalue weighted by atomic mass is 9.98. The molecule has 2 aromatic heterocycles. The van der Waals surface area contributed by atoms with Gasteiger partial charge < -0.3 is 4.74 Å². The summed E-state index contributed by atoms with van der Waals surface area (Å²) < 4.78 is 7.67. The van der Waals surface area contributed by atoms with Gasteiger partial charge in [-0.15, -0.1) is 0 Å². The van der Waals surface area contributed by atoms with E-state index in [2.05, 4.69) is 4.98 Å². The zero-order chi connectivity index (χ0) is 12.4. The number of hydrogen-bond acceptors (Lipinski definition) is 3. The monoisotopic (exact) mass is 244 g/mol. The molecule has 0 unspecified atom stereocenters. The van der Waals surface area contributed by atoms with Crippen LogP contribution >= 0.6 is 0 Å². The zero-order valence-corrected chi connectivity index (χ0v) is 10.2. The van der Waals surface area contributed by atoms with Gasteiger partial charge in [-0.2, -0.15) is 4.98 Å². The van der Waals surface area contributed by atoms with Crippen molar-refractivity contribution in [3.63, 3.8) is 0 Å². The summed E-state index contributed by atoms with van der Waals surface area (Å²) in [5.41, 5.74) is 1.27. The minimum absolute atomic E-state index is 0.211. The molecule has 0 N–H and O–H groups in total. The van der Waals surface area contributed by atoms with Crippen LogP contribution in [-0.4, -0.2) is 21.8 Å². The van der Waals surface area contributed by atoms with Crippen LogP contribution in [0.5, 0.6) is 5.88 Å². The summed E-state index contributed by atoms with van der Waals surface area (Å²) in [7, 11) is 0. The summed E-state index contributed by atoms with van der Waals surface area (Å²) in [6.45, 7) is 0. The second-order valence-electron chi connectivity index (χ2n) is 4.73. The molecule has 94 valence electrons. The van der Waals surface area contributed by atoms with Crippen LogP contribution in [-0.2, 0) is 0 Å². The Morgan fingerprint density at radius 1 is 1.28 bits per heavy atom. The van der Waals surface area contributed by atoms with Gasteiger partial charge in [0.05, 0.1) is 0 Å². The molecule has 0 saturated heterocycles. The minimum Gasteiger partial charge on any atom is -0.473 e. The lowest BCUT2D eigenvalue weighted by molar-refractivity contribution is 0.110. The van der Waals surface area contributed by atoms with E-state index < -0.39 is 0 Å². The summed E-state index contributed by atoms with van der Waals surface area (Å²) in [4.78, 5) is 15.6. The van der Waals surface area contributed by atoms with Gasteiger partial charge in [-0.25, -0.2) is 0 Å². The first kappa shape index (κ1) is 11.3. The van der Waals surface area contributed by atoms with Gasteiger partial charge >= 0.3 is 0 Å². The van der Waals surface area contributed by atoms with Crippen LogP contribution in [0.4, 0.5) is 0 Å². The molecular weight excluding hydrogens is 228 g/mol. The Hall–Kier alpha value is -1.84. The van der Waals surface area contributed by atoms with E-state index in [1.807, 2.05) is 24.4 Å². The first-order chi connectivity index (χ1) is 8.88. The lowest BCUT2D eigenvalue weighted by Crippen LogP contribution is -2.20. The fourth-order valence-corrected chi connectivity index (χ4v) is 2.53. The van der Waals surface area contributed by atoms with Crippen LogP contribution < -0.4 is 4.74 Å². The molecule has 3 rings (SSSR count). The molecular formula is C14H16N2O2. The van der Waals surface area contributed by atoms with Gasteiger partial charge in [0.2, 0.25) is 5.88 Å². The van der Waals surface area contributed by atoms with Crippen molar-refractivity contribution in [2.75, 3.05) is 0 Å². The second-order valence-corrected chi connectivity index (χ2v) is 4.73. The van der Waals surface area contributed by atoms with E-state index in [9.17, 15) is 4.79 Å². The smallest absolute Gasteiger partial charge is 0.244 e. The van der Waals surface area contributed by atoms with Crippen molar-refractivity contribution >= 4 is 11.9 Å². The van der Waals surface area contributed by atoms with E-state index in [0.29, 0.717) is 11.6 Å². The van der Waals surface area contributed by atoms with E-state index in [1.165, 1.54) is 19.3 Å². The third-order valence-corrected chi connectivity index (χ3v) is 3.48. The van der Waals surface area contributed by atoms with Crippen molar-refractivity contribution in [2.45, 2.75) is 38.2 Å². The lowest BCUT2D eigenvalue weighted by Gasteiger charge is -2.21. The van der Waals surface area contributed by atoms with Gasteiger partial charge in [0.25, 0.3) is 0 Å². The van der Waals surface area contributed by atoms with E-state index in [4.69, 9.17) is 4.74 Å². The van der Waals surface area contributed by atoms with Gasteiger partial charge in [-0.05, 0) is 37.8 Å². The standard InChI is InChI=1S/C14H16N2O2/c17-10-12-14(18-11-6-2-1-3-7-11)15-13-8-4-5-9-16(12)13/h4-5,8-11H,1-3,6-7H2. The SMILES string of the molecule is O=Cc1c(OC2CCCCC2)nc2ccccn12. The van der Waals surface area contributed by atoms with Crippen molar-refractivity contribution in [1.29, 1.82) is 0 Å². The predicted octanol–water partition coefficient (Wildman–Crippen LogP) is 2.86. The molecule has 1 aliphatic carbocycles. The Kier molecular flexibility index (Phi) is 3.00. The van der Waals surface area contributed by atoms with Gasteiger partial charge in [-0.3, -0.25) is 9.20 Å². The Morgan fingerprint density at radius 2 is 2.11 bits per heavy atom. The van der Waals surface area contributed by atoms with Crippen LogP contribution in [0.3, 0.4) is 0 Å². The van der Waals surface area contributed by atoms with Crippen LogP contribution in [0.15, 0.2) is 24.4 Å². The molecule has 0 aromatic carbocycles. The molecule has 4 nitrogen and oxygen atoms in total.